The first-order chi connectivity index (χ1) is 11.3. The number of carbonyl (C=O) groups excluding carboxylic acids is 1. The maximum Gasteiger partial charge on any atom is 0.274 e. The third-order valence-corrected chi connectivity index (χ3v) is 3.83. The second-order valence-electron chi connectivity index (χ2n) is 5.68. The number of anilines is 1. The van der Waals surface area contributed by atoms with Gasteiger partial charge in [0, 0.05) is 6.07 Å². The zero-order valence-electron chi connectivity index (χ0n) is 14.1. The van der Waals surface area contributed by atoms with E-state index in [0.717, 1.165) is 11.1 Å². The van der Waals surface area contributed by atoms with E-state index in [1.165, 1.54) is 12.1 Å². The zero-order chi connectivity index (χ0) is 17.9. The van der Waals surface area contributed by atoms with Crippen molar-refractivity contribution in [2.24, 2.45) is 0 Å². The molecule has 0 bridgehead atoms. The van der Waals surface area contributed by atoms with Crippen LogP contribution in [0.4, 0.5) is 11.4 Å². The highest BCUT2D eigenvalue weighted by Crippen LogP contribution is 2.26. The highest BCUT2D eigenvalue weighted by atomic mass is 16.6. The number of hydrogen-bond acceptors (Lipinski definition) is 4. The minimum Gasteiger partial charge on any atom is -0.480 e. The first kappa shape index (κ1) is 17.5. The molecule has 1 unspecified atom stereocenters. The van der Waals surface area contributed by atoms with Crippen LogP contribution in [0.3, 0.4) is 0 Å². The summed E-state index contributed by atoms with van der Waals surface area (Å²) in [6.45, 7) is 7.08. The predicted octanol–water partition coefficient (Wildman–Crippen LogP) is 3.93. The van der Waals surface area contributed by atoms with Gasteiger partial charge in [0.1, 0.15) is 5.75 Å². The fourth-order valence-electron chi connectivity index (χ4n) is 2.41. The van der Waals surface area contributed by atoms with Crippen LogP contribution in [0.1, 0.15) is 23.6 Å². The van der Waals surface area contributed by atoms with E-state index in [1.807, 2.05) is 32.0 Å². The Kier molecular flexibility index (Phi) is 5.18. The van der Waals surface area contributed by atoms with Crippen LogP contribution in [-0.2, 0) is 4.79 Å². The standard InChI is InChI=1S/C18H20N2O4/c1-11-7-5-8-12(2)17(11)24-14(4)18(21)19-15-9-6-10-16(13(15)3)20(22)23/h5-10,14H,1-4H3,(H,19,21). The minimum absolute atomic E-state index is 0.0314. The van der Waals surface area contributed by atoms with Crippen LogP contribution in [0.25, 0.3) is 0 Å². The highest BCUT2D eigenvalue weighted by Gasteiger charge is 2.20. The normalized spacial score (nSPS) is 11.7. The van der Waals surface area contributed by atoms with Crippen molar-refractivity contribution in [2.45, 2.75) is 33.8 Å². The van der Waals surface area contributed by atoms with Gasteiger partial charge >= 0.3 is 0 Å². The minimum atomic E-state index is -0.733. The monoisotopic (exact) mass is 328 g/mol. The number of carbonyl (C=O) groups is 1. The summed E-state index contributed by atoms with van der Waals surface area (Å²) in [5.41, 5.74) is 2.68. The van der Waals surface area contributed by atoms with Crippen molar-refractivity contribution in [3.05, 3.63) is 63.2 Å². The van der Waals surface area contributed by atoms with Crippen LogP contribution < -0.4 is 10.1 Å². The molecule has 1 amide bonds. The summed E-state index contributed by atoms with van der Waals surface area (Å²) in [5, 5.41) is 13.7. The lowest BCUT2D eigenvalue weighted by molar-refractivity contribution is -0.385. The smallest absolute Gasteiger partial charge is 0.274 e. The Bertz CT molecular complexity index is 766. The molecule has 24 heavy (non-hydrogen) atoms. The fraction of sp³-hybridized carbons (Fsp3) is 0.278. The van der Waals surface area contributed by atoms with Crippen LogP contribution in [-0.4, -0.2) is 16.9 Å². The molecule has 0 saturated carbocycles. The van der Waals surface area contributed by atoms with Gasteiger partial charge in [0.15, 0.2) is 6.10 Å². The van der Waals surface area contributed by atoms with Crippen LogP contribution in [0, 0.1) is 30.9 Å². The average molecular weight is 328 g/mol. The van der Waals surface area contributed by atoms with E-state index in [9.17, 15) is 14.9 Å². The average Bonchev–Trinajstić information content (AvgIpc) is 2.52. The number of nitro benzene ring substituents is 1. The number of nitrogens with one attached hydrogen (secondary N) is 1. The Balaban J connectivity index is 2.15. The van der Waals surface area contributed by atoms with Crippen LogP contribution in [0.15, 0.2) is 36.4 Å². The molecule has 2 rings (SSSR count). The van der Waals surface area contributed by atoms with Crippen LogP contribution in [0.2, 0.25) is 0 Å². The summed E-state index contributed by atoms with van der Waals surface area (Å²) in [6.07, 6.45) is -0.733. The maximum absolute atomic E-state index is 12.4. The highest BCUT2D eigenvalue weighted by molar-refractivity contribution is 5.95. The molecule has 6 nitrogen and oxygen atoms in total. The second kappa shape index (κ2) is 7.12. The van der Waals surface area contributed by atoms with Crippen molar-refractivity contribution < 1.29 is 14.5 Å². The lowest BCUT2D eigenvalue weighted by atomic mass is 10.1. The fourth-order valence-corrected chi connectivity index (χ4v) is 2.41. The Morgan fingerprint density at radius 3 is 2.29 bits per heavy atom. The van der Waals surface area contributed by atoms with Gasteiger partial charge in [-0.2, -0.15) is 0 Å². The molecule has 2 aromatic carbocycles. The number of nitro groups is 1. The van der Waals surface area contributed by atoms with E-state index in [-0.39, 0.29) is 11.6 Å². The number of nitrogens with zero attached hydrogens (tertiary/aromatic N) is 1. The topological polar surface area (TPSA) is 81.5 Å². The number of benzene rings is 2. The second-order valence-corrected chi connectivity index (χ2v) is 5.68. The Morgan fingerprint density at radius 1 is 1.12 bits per heavy atom. The van der Waals surface area contributed by atoms with Gasteiger partial charge in [-0.05, 0) is 44.9 Å². The van der Waals surface area contributed by atoms with E-state index in [4.69, 9.17) is 4.74 Å². The third-order valence-electron chi connectivity index (χ3n) is 3.83. The molecular formula is C18H20N2O4. The van der Waals surface area contributed by atoms with E-state index in [2.05, 4.69) is 5.32 Å². The Hall–Kier alpha value is -2.89. The molecular weight excluding hydrogens is 308 g/mol. The van der Waals surface area contributed by atoms with E-state index >= 15 is 0 Å². The molecule has 0 aliphatic carbocycles. The van der Waals surface area contributed by atoms with E-state index in [1.54, 1.807) is 19.9 Å². The van der Waals surface area contributed by atoms with Crippen molar-refractivity contribution in [3.8, 4) is 5.75 Å². The predicted molar refractivity (Wildman–Crippen MR) is 92.5 cm³/mol. The van der Waals surface area contributed by atoms with Crippen molar-refractivity contribution >= 4 is 17.3 Å². The molecule has 0 aliphatic heterocycles. The molecule has 0 aliphatic rings. The lowest BCUT2D eigenvalue weighted by Crippen LogP contribution is -2.30. The van der Waals surface area contributed by atoms with Gasteiger partial charge in [0.05, 0.1) is 16.2 Å². The van der Waals surface area contributed by atoms with Gasteiger partial charge in [0.25, 0.3) is 11.6 Å². The summed E-state index contributed by atoms with van der Waals surface area (Å²) in [6, 6.07) is 10.3. The molecule has 0 heterocycles. The quantitative estimate of drug-likeness (QED) is 0.666. The molecule has 0 spiro atoms. The summed E-state index contributed by atoms with van der Waals surface area (Å²) in [4.78, 5) is 22.9. The number of ether oxygens (including phenoxy) is 1. The summed E-state index contributed by atoms with van der Waals surface area (Å²) < 4.78 is 5.78. The first-order valence-electron chi connectivity index (χ1n) is 7.59. The summed E-state index contributed by atoms with van der Waals surface area (Å²) in [5.74, 6) is 0.317. The van der Waals surface area contributed by atoms with E-state index in [0.29, 0.717) is 17.0 Å². The molecule has 0 fully saturated rings. The summed E-state index contributed by atoms with van der Waals surface area (Å²) in [7, 11) is 0. The van der Waals surface area contributed by atoms with Gasteiger partial charge in [0.2, 0.25) is 0 Å². The number of amides is 1. The molecule has 2 aromatic rings. The van der Waals surface area contributed by atoms with Crippen LogP contribution >= 0.6 is 0 Å². The molecule has 126 valence electrons. The molecule has 0 saturated heterocycles. The van der Waals surface area contributed by atoms with Gasteiger partial charge in [-0.25, -0.2) is 0 Å². The Morgan fingerprint density at radius 2 is 1.71 bits per heavy atom. The van der Waals surface area contributed by atoms with Crippen molar-refractivity contribution in [1.29, 1.82) is 0 Å². The Labute approximate surface area is 140 Å². The summed E-state index contributed by atoms with van der Waals surface area (Å²) >= 11 is 0. The van der Waals surface area contributed by atoms with Gasteiger partial charge < -0.3 is 10.1 Å². The number of hydrogen-bond donors (Lipinski definition) is 1. The van der Waals surface area contributed by atoms with Crippen molar-refractivity contribution in [2.75, 3.05) is 5.32 Å². The number of para-hydroxylation sites is 1. The van der Waals surface area contributed by atoms with Gasteiger partial charge in [-0.15, -0.1) is 0 Å². The van der Waals surface area contributed by atoms with Crippen molar-refractivity contribution in [3.63, 3.8) is 0 Å². The number of aryl methyl sites for hydroxylation is 2. The van der Waals surface area contributed by atoms with Crippen LogP contribution in [0.5, 0.6) is 5.75 Å². The maximum atomic E-state index is 12.4. The molecule has 0 radical (unpaired) electrons. The van der Waals surface area contributed by atoms with E-state index < -0.39 is 11.0 Å². The lowest BCUT2D eigenvalue weighted by Gasteiger charge is -2.18. The SMILES string of the molecule is Cc1cccc(C)c1OC(C)C(=O)Nc1cccc([N+](=O)[O-])c1C. The third kappa shape index (κ3) is 3.71. The zero-order valence-corrected chi connectivity index (χ0v) is 14.1. The largest absolute Gasteiger partial charge is 0.480 e. The van der Waals surface area contributed by atoms with Crippen molar-refractivity contribution in [1.82, 2.24) is 0 Å². The van der Waals surface area contributed by atoms with Gasteiger partial charge in [-0.3, -0.25) is 14.9 Å². The molecule has 6 heteroatoms. The number of rotatable bonds is 5. The van der Waals surface area contributed by atoms with Gasteiger partial charge in [-0.1, -0.05) is 24.3 Å². The molecule has 1 atom stereocenters. The molecule has 0 aromatic heterocycles. The molecule has 1 N–H and O–H groups in total. The first-order valence-corrected chi connectivity index (χ1v) is 7.59.